The molecule has 1 fully saturated rings. The van der Waals surface area contributed by atoms with E-state index in [9.17, 15) is 0 Å². The van der Waals surface area contributed by atoms with Crippen LogP contribution in [0.2, 0.25) is 0 Å². The largest absolute Gasteiger partial charge is 0.306 e. The van der Waals surface area contributed by atoms with Crippen molar-refractivity contribution in [2.45, 2.75) is 51.6 Å². The van der Waals surface area contributed by atoms with E-state index in [4.69, 9.17) is 5.26 Å². The van der Waals surface area contributed by atoms with Crippen LogP contribution < -0.4 is 5.32 Å². The maximum atomic E-state index is 9.05. The van der Waals surface area contributed by atoms with Crippen LogP contribution in [0.4, 0.5) is 0 Å². The van der Waals surface area contributed by atoms with Gasteiger partial charge in [-0.1, -0.05) is 50.6 Å². The van der Waals surface area contributed by atoms with Crippen LogP contribution in [-0.4, -0.2) is 6.04 Å². The molecule has 19 heavy (non-hydrogen) atoms. The molecule has 1 aliphatic rings. The Morgan fingerprint density at radius 3 is 2.63 bits per heavy atom. The van der Waals surface area contributed by atoms with Crippen LogP contribution in [0.5, 0.6) is 0 Å². The number of rotatable bonds is 5. The van der Waals surface area contributed by atoms with Crippen LogP contribution in [0.1, 0.15) is 51.1 Å². The lowest BCUT2D eigenvalue weighted by Gasteiger charge is -2.26. The highest BCUT2D eigenvalue weighted by atomic mass is 15.0. The smallest absolute Gasteiger partial charge is 0.0641 e. The third-order valence-electron chi connectivity index (χ3n) is 4.66. The highest BCUT2D eigenvalue weighted by molar-refractivity contribution is 5.20. The molecule has 1 aromatic carbocycles. The molecular weight excluding hydrogens is 232 g/mol. The summed E-state index contributed by atoms with van der Waals surface area (Å²) in [6.07, 6.45) is 4.38. The second kappa shape index (κ2) is 6.73. The number of nitrogens with one attached hydrogen (secondary N) is 1. The summed E-state index contributed by atoms with van der Waals surface area (Å²) in [6.45, 7) is 4.64. The average Bonchev–Trinajstić information content (AvgIpc) is 2.80. The minimum absolute atomic E-state index is 0.175. The van der Waals surface area contributed by atoms with Crippen LogP contribution in [0.3, 0.4) is 0 Å². The van der Waals surface area contributed by atoms with Gasteiger partial charge in [-0.25, -0.2) is 0 Å². The van der Waals surface area contributed by atoms with Gasteiger partial charge in [-0.05, 0) is 30.2 Å². The van der Waals surface area contributed by atoms with Crippen molar-refractivity contribution < 1.29 is 0 Å². The van der Waals surface area contributed by atoms with Gasteiger partial charge >= 0.3 is 0 Å². The zero-order valence-corrected chi connectivity index (χ0v) is 12.0. The summed E-state index contributed by atoms with van der Waals surface area (Å²) in [5, 5.41) is 12.8. The van der Waals surface area contributed by atoms with Crippen LogP contribution >= 0.6 is 0 Å². The van der Waals surface area contributed by atoms with Crippen LogP contribution in [0.15, 0.2) is 30.3 Å². The van der Waals surface area contributed by atoms with E-state index in [1.807, 2.05) is 18.2 Å². The molecule has 0 heterocycles. The molecular formula is C17H24N2. The number of hydrogen-bond donors (Lipinski definition) is 1. The summed E-state index contributed by atoms with van der Waals surface area (Å²) in [4.78, 5) is 0. The van der Waals surface area contributed by atoms with Crippen molar-refractivity contribution in [1.82, 2.24) is 5.32 Å². The molecule has 0 aliphatic heterocycles. The minimum Gasteiger partial charge on any atom is -0.306 e. The van der Waals surface area contributed by atoms with E-state index >= 15 is 0 Å². The summed E-state index contributed by atoms with van der Waals surface area (Å²) < 4.78 is 0. The standard InChI is InChI=1S/C17H24N2/c1-3-14-9-10-16(13(14)2)19-17(11-12-18)15-7-5-4-6-8-15/h4-8,13-14,16-17,19H,3,9-11H2,1-2H3. The summed E-state index contributed by atoms with van der Waals surface area (Å²) in [7, 11) is 0. The van der Waals surface area contributed by atoms with Crippen molar-refractivity contribution in [3.8, 4) is 6.07 Å². The van der Waals surface area contributed by atoms with Gasteiger partial charge in [0, 0.05) is 12.1 Å². The predicted octanol–water partition coefficient (Wildman–Crippen LogP) is 4.06. The molecule has 1 aliphatic carbocycles. The Morgan fingerprint density at radius 2 is 2.05 bits per heavy atom. The molecule has 1 N–H and O–H groups in total. The van der Waals surface area contributed by atoms with Crippen LogP contribution in [0, 0.1) is 23.2 Å². The lowest BCUT2D eigenvalue weighted by Crippen LogP contribution is -2.35. The summed E-state index contributed by atoms with van der Waals surface area (Å²) in [5.41, 5.74) is 1.23. The fourth-order valence-corrected chi connectivity index (χ4v) is 3.37. The van der Waals surface area contributed by atoms with E-state index in [1.165, 1.54) is 24.8 Å². The third-order valence-corrected chi connectivity index (χ3v) is 4.66. The van der Waals surface area contributed by atoms with Gasteiger partial charge in [-0.3, -0.25) is 0 Å². The monoisotopic (exact) mass is 256 g/mol. The molecule has 2 heteroatoms. The Kier molecular flexibility index (Phi) is 4.99. The first-order valence-electron chi connectivity index (χ1n) is 7.44. The molecule has 0 radical (unpaired) electrons. The third kappa shape index (κ3) is 3.36. The van der Waals surface area contributed by atoms with E-state index in [-0.39, 0.29) is 6.04 Å². The maximum absolute atomic E-state index is 9.05. The van der Waals surface area contributed by atoms with Crippen molar-refractivity contribution in [2.75, 3.05) is 0 Å². The van der Waals surface area contributed by atoms with Gasteiger partial charge in [0.05, 0.1) is 12.5 Å². The topological polar surface area (TPSA) is 35.8 Å². The lowest BCUT2D eigenvalue weighted by molar-refractivity contribution is 0.322. The van der Waals surface area contributed by atoms with Crippen LogP contribution in [0.25, 0.3) is 0 Å². The molecule has 0 amide bonds. The van der Waals surface area contributed by atoms with Crippen molar-refractivity contribution >= 4 is 0 Å². The number of benzene rings is 1. The first kappa shape index (κ1) is 14.1. The Balaban J connectivity index is 2.04. The molecule has 1 aromatic rings. The van der Waals surface area contributed by atoms with Gasteiger partial charge in [0.2, 0.25) is 0 Å². The molecule has 4 unspecified atom stereocenters. The molecule has 1 saturated carbocycles. The second-order valence-corrected chi connectivity index (χ2v) is 5.70. The van der Waals surface area contributed by atoms with E-state index in [2.05, 4.69) is 37.4 Å². The van der Waals surface area contributed by atoms with E-state index in [0.717, 1.165) is 11.8 Å². The second-order valence-electron chi connectivity index (χ2n) is 5.70. The minimum atomic E-state index is 0.175. The maximum Gasteiger partial charge on any atom is 0.0641 e. The number of hydrogen-bond acceptors (Lipinski definition) is 2. The van der Waals surface area contributed by atoms with E-state index in [0.29, 0.717) is 12.5 Å². The molecule has 0 saturated heterocycles. The molecule has 0 aromatic heterocycles. The molecule has 2 nitrogen and oxygen atoms in total. The lowest BCUT2D eigenvalue weighted by atomic mass is 9.92. The summed E-state index contributed by atoms with van der Waals surface area (Å²) in [5.74, 6) is 1.56. The van der Waals surface area contributed by atoms with Gasteiger partial charge in [0.1, 0.15) is 0 Å². The highest BCUT2D eigenvalue weighted by Crippen LogP contribution is 2.35. The van der Waals surface area contributed by atoms with Crippen molar-refractivity contribution in [3.63, 3.8) is 0 Å². The zero-order valence-electron chi connectivity index (χ0n) is 12.0. The fourth-order valence-electron chi connectivity index (χ4n) is 3.37. The zero-order chi connectivity index (χ0) is 13.7. The number of nitrogens with zero attached hydrogens (tertiary/aromatic N) is 1. The Bertz CT molecular complexity index is 421. The highest BCUT2D eigenvalue weighted by Gasteiger charge is 2.32. The van der Waals surface area contributed by atoms with Gasteiger partial charge in [-0.2, -0.15) is 5.26 Å². The summed E-state index contributed by atoms with van der Waals surface area (Å²) >= 11 is 0. The normalized spacial score (nSPS) is 27.9. The Morgan fingerprint density at radius 1 is 1.32 bits per heavy atom. The average molecular weight is 256 g/mol. The Hall–Kier alpha value is -1.33. The SMILES string of the molecule is CCC1CCC(NC(CC#N)c2ccccc2)C1C. The Labute approximate surface area is 116 Å². The quantitative estimate of drug-likeness (QED) is 0.862. The molecule has 2 rings (SSSR count). The first-order chi connectivity index (χ1) is 9.26. The number of nitriles is 1. The van der Waals surface area contributed by atoms with E-state index in [1.54, 1.807) is 0 Å². The van der Waals surface area contributed by atoms with Crippen molar-refractivity contribution in [2.24, 2.45) is 11.8 Å². The molecule has 0 spiro atoms. The van der Waals surface area contributed by atoms with Gasteiger partial charge < -0.3 is 5.32 Å². The van der Waals surface area contributed by atoms with Crippen molar-refractivity contribution in [1.29, 1.82) is 5.26 Å². The molecule has 0 bridgehead atoms. The van der Waals surface area contributed by atoms with E-state index < -0.39 is 0 Å². The predicted molar refractivity (Wildman–Crippen MR) is 78.5 cm³/mol. The van der Waals surface area contributed by atoms with Crippen molar-refractivity contribution in [3.05, 3.63) is 35.9 Å². The fraction of sp³-hybridized carbons (Fsp3) is 0.588. The van der Waals surface area contributed by atoms with Gasteiger partial charge in [-0.15, -0.1) is 0 Å². The van der Waals surface area contributed by atoms with Gasteiger partial charge in [0.15, 0.2) is 0 Å². The first-order valence-corrected chi connectivity index (χ1v) is 7.44. The molecule has 102 valence electrons. The summed E-state index contributed by atoms with van der Waals surface area (Å²) in [6, 6.07) is 13.4. The van der Waals surface area contributed by atoms with Crippen LogP contribution in [-0.2, 0) is 0 Å². The molecule has 4 atom stereocenters. The van der Waals surface area contributed by atoms with Gasteiger partial charge in [0.25, 0.3) is 0 Å².